The molecule has 0 bridgehead atoms. The molecule has 0 saturated heterocycles. The van der Waals surface area contributed by atoms with E-state index in [0.29, 0.717) is 23.0 Å². The fourth-order valence-corrected chi connectivity index (χ4v) is 5.80. The van der Waals surface area contributed by atoms with Gasteiger partial charge in [-0.2, -0.15) is 5.26 Å². The molecule has 0 N–H and O–H groups in total. The number of aliphatic imine (C=N–C) groups is 1. The van der Waals surface area contributed by atoms with Gasteiger partial charge in [-0.1, -0.05) is 20.8 Å². The highest BCUT2D eigenvalue weighted by atomic mass is 127. The molecule has 6 nitrogen and oxygen atoms in total. The Morgan fingerprint density at radius 2 is 2.12 bits per heavy atom. The summed E-state index contributed by atoms with van der Waals surface area (Å²) < 4.78 is 16.4. The Hall–Kier alpha value is -2.12. The molecule has 32 heavy (non-hydrogen) atoms. The normalized spacial score (nSPS) is 15.8. The van der Waals surface area contributed by atoms with E-state index >= 15 is 0 Å². The van der Waals surface area contributed by atoms with Crippen LogP contribution in [0.15, 0.2) is 17.1 Å². The summed E-state index contributed by atoms with van der Waals surface area (Å²) in [5, 5.41) is 10.5. The van der Waals surface area contributed by atoms with E-state index in [9.17, 15) is 10.1 Å². The monoisotopic (exact) mass is 566 g/mol. The summed E-state index contributed by atoms with van der Waals surface area (Å²) in [7, 11) is 2.86. The minimum absolute atomic E-state index is 0.196. The van der Waals surface area contributed by atoms with Gasteiger partial charge in [0.2, 0.25) is 0 Å². The summed E-state index contributed by atoms with van der Waals surface area (Å²) in [6, 6.07) is 6.07. The summed E-state index contributed by atoms with van der Waals surface area (Å²) in [6.45, 7) is 6.66. The van der Waals surface area contributed by atoms with Crippen molar-refractivity contribution < 1.29 is 19.0 Å². The van der Waals surface area contributed by atoms with Crippen LogP contribution in [-0.4, -0.2) is 33.0 Å². The Morgan fingerprint density at radius 3 is 2.75 bits per heavy atom. The third-order valence-electron chi connectivity index (χ3n) is 5.73. The van der Waals surface area contributed by atoms with Gasteiger partial charge in [-0.3, -0.25) is 0 Å². The van der Waals surface area contributed by atoms with Gasteiger partial charge in [0, 0.05) is 11.1 Å². The number of nitriles is 1. The summed E-state index contributed by atoms with van der Waals surface area (Å²) in [6.07, 6.45) is 4.79. The fourth-order valence-electron chi connectivity index (χ4n) is 3.79. The van der Waals surface area contributed by atoms with Gasteiger partial charge in [-0.25, -0.2) is 9.79 Å². The minimum Gasteiger partial charge on any atom is -0.493 e. The van der Waals surface area contributed by atoms with Crippen molar-refractivity contribution >= 4 is 51.1 Å². The standard InChI is InChI=1S/C24H27IN2O4S/c1-24(2,3)15-6-7-16-17(11-26)23(32-20(16)10-15)27-12-14-8-18(25)22(19(9-14)29-4)31-13-21(28)30-5/h8-9,12,15H,6-7,10,13H2,1-5H3/t15-/m0/s1. The Bertz CT molecular complexity index is 1080. The van der Waals surface area contributed by atoms with E-state index in [0.717, 1.165) is 33.4 Å². The van der Waals surface area contributed by atoms with Gasteiger partial charge in [-0.05, 0) is 76.4 Å². The molecule has 0 saturated carbocycles. The number of carbonyl (C=O) groups is 1. The molecule has 0 amide bonds. The number of halogens is 1. The number of benzene rings is 1. The van der Waals surface area contributed by atoms with Gasteiger partial charge in [0.25, 0.3) is 0 Å². The van der Waals surface area contributed by atoms with E-state index in [4.69, 9.17) is 9.47 Å². The number of ether oxygens (including phenoxy) is 3. The van der Waals surface area contributed by atoms with Crippen molar-refractivity contribution in [3.8, 4) is 17.6 Å². The van der Waals surface area contributed by atoms with Gasteiger partial charge in [0.15, 0.2) is 18.1 Å². The first-order valence-corrected chi connectivity index (χ1v) is 12.2. The van der Waals surface area contributed by atoms with Crippen LogP contribution in [0.25, 0.3) is 0 Å². The molecule has 1 aliphatic rings. The maximum atomic E-state index is 11.4. The number of esters is 1. The second-order valence-electron chi connectivity index (χ2n) is 8.76. The van der Waals surface area contributed by atoms with Crippen molar-refractivity contribution in [2.24, 2.45) is 16.3 Å². The Labute approximate surface area is 206 Å². The maximum Gasteiger partial charge on any atom is 0.343 e. The maximum absolute atomic E-state index is 11.4. The van der Waals surface area contributed by atoms with Gasteiger partial charge in [-0.15, -0.1) is 11.3 Å². The molecule has 1 heterocycles. The lowest BCUT2D eigenvalue weighted by Crippen LogP contribution is -2.26. The summed E-state index contributed by atoms with van der Waals surface area (Å²) in [5.41, 5.74) is 2.94. The number of hydrogen-bond acceptors (Lipinski definition) is 7. The first kappa shape index (κ1) is 24.5. The third kappa shape index (κ3) is 5.44. The molecule has 2 aromatic rings. The van der Waals surface area contributed by atoms with Crippen LogP contribution in [0.1, 0.15) is 48.8 Å². The highest BCUT2D eigenvalue weighted by molar-refractivity contribution is 14.1. The second-order valence-corrected chi connectivity index (χ2v) is 11.0. The van der Waals surface area contributed by atoms with E-state index in [2.05, 4.69) is 59.2 Å². The zero-order valence-electron chi connectivity index (χ0n) is 19.0. The van der Waals surface area contributed by atoms with Crippen molar-refractivity contribution in [2.75, 3.05) is 20.8 Å². The molecule has 170 valence electrons. The Balaban J connectivity index is 1.87. The van der Waals surface area contributed by atoms with Crippen molar-refractivity contribution in [1.82, 2.24) is 0 Å². The first-order valence-electron chi connectivity index (χ1n) is 10.3. The zero-order valence-corrected chi connectivity index (χ0v) is 21.9. The minimum atomic E-state index is -0.465. The van der Waals surface area contributed by atoms with E-state index in [1.54, 1.807) is 30.7 Å². The number of hydrogen-bond donors (Lipinski definition) is 0. The largest absolute Gasteiger partial charge is 0.493 e. The first-order chi connectivity index (χ1) is 15.2. The molecule has 3 rings (SSSR count). The molecule has 0 radical (unpaired) electrons. The lowest BCUT2D eigenvalue weighted by atomic mass is 9.72. The molecule has 1 aromatic heterocycles. The molecular weight excluding hydrogens is 539 g/mol. The second kappa shape index (κ2) is 10.2. The Morgan fingerprint density at radius 1 is 1.38 bits per heavy atom. The fraction of sp³-hybridized carbons (Fsp3) is 0.458. The van der Waals surface area contributed by atoms with Crippen molar-refractivity contribution in [2.45, 2.75) is 40.0 Å². The lowest BCUT2D eigenvalue weighted by molar-refractivity contribution is -0.142. The van der Waals surface area contributed by atoms with Crippen LogP contribution in [0.4, 0.5) is 5.00 Å². The summed E-state index contributed by atoms with van der Waals surface area (Å²) in [5.74, 6) is 1.13. The highest BCUT2D eigenvalue weighted by Crippen LogP contribution is 2.45. The molecule has 0 unspecified atom stereocenters. The average Bonchev–Trinajstić information content (AvgIpc) is 3.12. The number of thiophene rings is 1. The number of methoxy groups -OCH3 is 2. The third-order valence-corrected chi connectivity index (χ3v) is 7.69. The van der Waals surface area contributed by atoms with Crippen LogP contribution < -0.4 is 9.47 Å². The number of nitrogens with zero attached hydrogens (tertiary/aromatic N) is 2. The molecule has 0 spiro atoms. The van der Waals surface area contributed by atoms with Gasteiger partial charge < -0.3 is 14.2 Å². The average molecular weight is 566 g/mol. The van der Waals surface area contributed by atoms with E-state index < -0.39 is 5.97 Å². The SMILES string of the molecule is COC(=O)COc1c(I)cc(C=Nc2sc3c(c2C#N)CC[C@H](C(C)(C)C)C3)cc1OC. The van der Waals surface area contributed by atoms with Crippen LogP contribution in [0, 0.1) is 26.2 Å². The van der Waals surface area contributed by atoms with Gasteiger partial charge in [0.05, 0.1) is 23.4 Å². The van der Waals surface area contributed by atoms with Crippen LogP contribution in [0.2, 0.25) is 0 Å². The highest BCUT2D eigenvalue weighted by Gasteiger charge is 2.32. The number of carbonyl (C=O) groups excluding carboxylic acids is 1. The van der Waals surface area contributed by atoms with E-state index in [1.807, 2.05) is 6.07 Å². The van der Waals surface area contributed by atoms with Crippen molar-refractivity contribution in [3.63, 3.8) is 0 Å². The molecule has 1 aliphatic carbocycles. The van der Waals surface area contributed by atoms with E-state index in [1.165, 1.54) is 17.6 Å². The van der Waals surface area contributed by atoms with E-state index in [-0.39, 0.29) is 12.0 Å². The zero-order chi connectivity index (χ0) is 23.5. The van der Waals surface area contributed by atoms with Crippen molar-refractivity contribution in [1.29, 1.82) is 5.26 Å². The van der Waals surface area contributed by atoms with Crippen molar-refractivity contribution in [3.05, 3.63) is 37.3 Å². The predicted octanol–water partition coefficient (Wildman–Crippen LogP) is 5.69. The van der Waals surface area contributed by atoms with Crippen LogP contribution in [0.5, 0.6) is 11.5 Å². The summed E-state index contributed by atoms with van der Waals surface area (Å²) in [4.78, 5) is 17.4. The van der Waals surface area contributed by atoms with Crippen LogP contribution in [-0.2, 0) is 22.4 Å². The number of fused-ring (bicyclic) bond motifs is 1. The molecule has 1 aromatic carbocycles. The predicted molar refractivity (Wildman–Crippen MR) is 134 cm³/mol. The number of rotatable bonds is 6. The molecule has 1 atom stereocenters. The topological polar surface area (TPSA) is 80.9 Å². The summed E-state index contributed by atoms with van der Waals surface area (Å²) >= 11 is 3.76. The molecule has 0 aliphatic heterocycles. The quantitative estimate of drug-likeness (QED) is 0.255. The lowest BCUT2D eigenvalue weighted by Gasteiger charge is -2.33. The Kier molecular flexibility index (Phi) is 7.83. The molecular formula is C24H27IN2O4S. The van der Waals surface area contributed by atoms with Crippen LogP contribution >= 0.6 is 33.9 Å². The van der Waals surface area contributed by atoms with Crippen LogP contribution in [0.3, 0.4) is 0 Å². The van der Waals surface area contributed by atoms with Gasteiger partial charge in [0.1, 0.15) is 11.1 Å². The smallest absolute Gasteiger partial charge is 0.343 e. The van der Waals surface area contributed by atoms with Gasteiger partial charge >= 0.3 is 5.97 Å². The molecule has 0 fully saturated rings. The molecule has 8 heteroatoms.